The van der Waals surface area contributed by atoms with Crippen LogP contribution >= 0.6 is 0 Å². The van der Waals surface area contributed by atoms with Crippen molar-refractivity contribution in [1.82, 2.24) is 10.3 Å². The van der Waals surface area contributed by atoms with Crippen molar-refractivity contribution >= 4 is 5.97 Å². The molecule has 1 aromatic heterocycles. The van der Waals surface area contributed by atoms with Gasteiger partial charge in [-0.1, -0.05) is 37.3 Å². The monoisotopic (exact) mass is 504 g/mol. The van der Waals surface area contributed by atoms with Gasteiger partial charge in [-0.2, -0.15) is 0 Å². The summed E-state index contributed by atoms with van der Waals surface area (Å²) in [6, 6.07) is 13.9. The number of aromatic nitrogens is 1. The van der Waals surface area contributed by atoms with Gasteiger partial charge in [-0.05, 0) is 78.5 Å². The Balaban J connectivity index is 1.44. The highest BCUT2D eigenvalue weighted by atomic mass is 19.1. The van der Waals surface area contributed by atoms with E-state index in [1.54, 1.807) is 13.0 Å². The third-order valence-corrected chi connectivity index (χ3v) is 7.68. The lowest BCUT2D eigenvalue weighted by molar-refractivity contribution is -0.142. The molecule has 2 heterocycles. The van der Waals surface area contributed by atoms with Crippen LogP contribution in [-0.2, 0) is 17.8 Å². The SMILES string of the molecule is CNCc1cc(C2CCc3ccc([C@H](C4CC4)[C@H](C)C(=O)O)cc3O2)ccc1-c1cc(OC)ncc1F. The average molecular weight is 505 g/mol. The lowest BCUT2D eigenvalue weighted by Gasteiger charge is -2.29. The first-order chi connectivity index (χ1) is 17.9. The van der Waals surface area contributed by atoms with Gasteiger partial charge in [0.2, 0.25) is 5.88 Å². The van der Waals surface area contributed by atoms with Crippen molar-refractivity contribution in [1.29, 1.82) is 0 Å². The maximum atomic E-state index is 14.7. The number of fused-ring (bicyclic) bond motifs is 1. The minimum atomic E-state index is -0.756. The predicted molar refractivity (Wildman–Crippen MR) is 139 cm³/mol. The van der Waals surface area contributed by atoms with Crippen LogP contribution in [0.15, 0.2) is 48.7 Å². The molecule has 1 fully saturated rings. The van der Waals surface area contributed by atoms with Gasteiger partial charge in [0, 0.05) is 18.2 Å². The van der Waals surface area contributed by atoms with Crippen LogP contribution in [0, 0.1) is 17.7 Å². The van der Waals surface area contributed by atoms with Gasteiger partial charge < -0.3 is 19.9 Å². The van der Waals surface area contributed by atoms with Crippen molar-refractivity contribution in [2.75, 3.05) is 14.2 Å². The number of methoxy groups -OCH3 is 1. The van der Waals surface area contributed by atoms with Crippen LogP contribution in [0.4, 0.5) is 4.39 Å². The number of benzene rings is 2. The van der Waals surface area contributed by atoms with Crippen molar-refractivity contribution in [2.45, 2.75) is 51.2 Å². The van der Waals surface area contributed by atoms with Gasteiger partial charge in [0.15, 0.2) is 0 Å². The highest BCUT2D eigenvalue weighted by Crippen LogP contribution is 2.48. The van der Waals surface area contributed by atoms with E-state index < -0.39 is 17.7 Å². The number of carboxylic acid groups (broad SMARTS) is 1. The minimum Gasteiger partial charge on any atom is -0.485 e. The molecule has 1 unspecified atom stereocenters. The van der Waals surface area contributed by atoms with Crippen molar-refractivity contribution in [3.8, 4) is 22.8 Å². The third kappa shape index (κ3) is 5.18. The number of nitrogens with zero attached hydrogens (tertiary/aromatic N) is 1. The molecule has 194 valence electrons. The third-order valence-electron chi connectivity index (χ3n) is 7.68. The summed E-state index contributed by atoms with van der Waals surface area (Å²) in [6.45, 7) is 2.37. The molecule has 0 saturated heterocycles. The Morgan fingerprint density at radius 1 is 1.19 bits per heavy atom. The summed E-state index contributed by atoms with van der Waals surface area (Å²) < 4.78 is 26.4. The molecule has 1 aliphatic carbocycles. The van der Waals surface area contributed by atoms with Crippen molar-refractivity contribution < 1.29 is 23.8 Å². The van der Waals surface area contributed by atoms with Crippen molar-refractivity contribution in [2.24, 2.45) is 11.8 Å². The summed E-state index contributed by atoms with van der Waals surface area (Å²) in [7, 11) is 3.38. The van der Waals surface area contributed by atoms with E-state index in [0.717, 1.165) is 59.3 Å². The Kier molecular flexibility index (Phi) is 7.15. The molecule has 7 heteroatoms. The molecule has 0 radical (unpaired) electrons. The highest BCUT2D eigenvalue weighted by Gasteiger charge is 2.39. The standard InChI is InChI=1S/C30H33FN2O4/c1-17(30(34)35)29(19-5-6-19)21-7-4-18-9-11-26(37-27(18)13-21)20-8-10-23(22(12-20)15-32-2)24-14-28(36-3)33-16-25(24)31/h4,7-8,10,12-14,16-17,19,26,29,32H,5-6,9,11,15H2,1-3H3,(H,34,35)/t17-,26?,29-/m0/s1. The van der Waals surface area contributed by atoms with E-state index in [4.69, 9.17) is 9.47 Å². The first kappa shape index (κ1) is 25.2. The number of ether oxygens (including phenoxy) is 2. The summed E-state index contributed by atoms with van der Waals surface area (Å²) >= 11 is 0. The molecule has 0 bridgehead atoms. The second kappa shape index (κ2) is 10.5. The summed E-state index contributed by atoms with van der Waals surface area (Å²) in [5.74, 6) is 0.0272. The Hall–Kier alpha value is -3.45. The van der Waals surface area contributed by atoms with Crippen LogP contribution in [-0.4, -0.2) is 30.2 Å². The van der Waals surface area contributed by atoms with E-state index in [2.05, 4.69) is 34.6 Å². The van der Waals surface area contributed by atoms with Crippen LogP contribution in [0.3, 0.4) is 0 Å². The second-order valence-electron chi connectivity index (χ2n) is 10.2. The van der Waals surface area contributed by atoms with E-state index in [1.807, 2.05) is 19.2 Å². The lowest BCUT2D eigenvalue weighted by atomic mass is 9.82. The summed E-state index contributed by atoms with van der Waals surface area (Å²) in [5.41, 5.74) is 5.41. The smallest absolute Gasteiger partial charge is 0.306 e. The van der Waals surface area contributed by atoms with Crippen LogP contribution in [0.1, 0.15) is 60.5 Å². The maximum absolute atomic E-state index is 14.7. The van der Waals surface area contributed by atoms with Crippen molar-refractivity contribution in [3.05, 3.63) is 76.7 Å². The number of hydrogen-bond donors (Lipinski definition) is 2. The molecule has 0 spiro atoms. The first-order valence-electron chi connectivity index (χ1n) is 12.9. The number of aryl methyl sites for hydroxylation is 1. The number of rotatable bonds is 9. The Bertz CT molecular complexity index is 1310. The molecule has 2 aromatic carbocycles. The van der Waals surface area contributed by atoms with E-state index in [1.165, 1.54) is 13.3 Å². The average Bonchev–Trinajstić information content (AvgIpc) is 3.74. The van der Waals surface area contributed by atoms with Crippen LogP contribution < -0.4 is 14.8 Å². The van der Waals surface area contributed by atoms with Gasteiger partial charge in [0.1, 0.15) is 17.7 Å². The van der Waals surface area contributed by atoms with Crippen LogP contribution in [0.2, 0.25) is 0 Å². The van der Waals surface area contributed by atoms with Gasteiger partial charge in [-0.25, -0.2) is 9.37 Å². The van der Waals surface area contributed by atoms with Crippen molar-refractivity contribution in [3.63, 3.8) is 0 Å². The van der Waals surface area contributed by atoms with Crippen LogP contribution in [0.5, 0.6) is 11.6 Å². The van der Waals surface area contributed by atoms with Gasteiger partial charge in [0.25, 0.3) is 0 Å². The van der Waals surface area contributed by atoms with E-state index in [-0.39, 0.29) is 12.0 Å². The number of carboxylic acids is 1. The number of hydrogen-bond acceptors (Lipinski definition) is 5. The van der Waals surface area contributed by atoms with Gasteiger partial charge in [-0.3, -0.25) is 4.79 Å². The predicted octanol–water partition coefficient (Wildman–Crippen LogP) is 5.90. The Morgan fingerprint density at radius 2 is 2.00 bits per heavy atom. The molecule has 1 saturated carbocycles. The topological polar surface area (TPSA) is 80.7 Å². The van der Waals surface area contributed by atoms with Gasteiger partial charge in [-0.15, -0.1) is 0 Å². The van der Waals surface area contributed by atoms with E-state index in [9.17, 15) is 14.3 Å². The molecule has 3 aromatic rings. The Labute approximate surface area is 216 Å². The zero-order chi connectivity index (χ0) is 26.1. The van der Waals surface area contributed by atoms with Gasteiger partial charge in [0.05, 0.1) is 19.2 Å². The molecule has 5 rings (SSSR count). The molecule has 2 aliphatic rings. The molecular weight excluding hydrogens is 471 g/mol. The number of halogens is 1. The van der Waals surface area contributed by atoms with E-state index in [0.29, 0.717) is 23.9 Å². The van der Waals surface area contributed by atoms with Crippen LogP contribution in [0.25, 0.3) is 11.1 Å². The zero-order valence-corrected chi connectivity index (χ0v) is 21.5. The number of aliphatic carboxylic acids is 1. The fourth-order valence-corrected chi connectivity index (χ4v) is 5.56. The van der Waals surface area contributed by atoms with E-state index >= 15 is 0 Å². The number of nitrogens with one attached hydrogen (secondary N) is 1. The summed E-state index contributed by atoms with van der Waals surface area (Å²) in [6.07, 6.45) is 4.91. The molecule has 6 nitrogen and oxygen atoms in total. The first-order valence-corrected chi connectivity index (χ1v) is 12.9. The fourth-order valence-electron chi connectivity index (χ4n) is 5.56. The normalized spacial score (nSPS) is 18.4. The molecule has 0 amide bonds. The summed E-state index contributed by atoms with van der Waals surface area (Å²) in [4.78, 5) is 15.7. The van der Waals surface area contributed by atoms with Gasteiger partial charge >= 0.3 is 5.97 Å². The molecule has 3 atom stereocenters. The lowest BCUT2D eigenvalue weighted by Crippen LogP contribution is -2.21. The largest absolute Gasteiger partial charge is 0.485 e. The maximum Gasteiger partial charge on any atom is 0.306 e. The quantitative estimate of drug-likeness (QED) is 0.378. The minimum absolute atomic E-state index is 0.000501. The Morgan fingerprint density at radius 3 is 2.70 bits per heavy atom. The highest BCUT2D eigenvalue weighted by molar-refractivity contribution is 5.71. The molecular formula is C30H33FN2O4. The number of carbonyl (C=O) groups is 1. The fraction of sp³-hybridized carbons (Fsp3) is 0.400. The molecule has 2 N–H and O–H groups in total. The summed E-state index contributed by atoms with van der Waals surface area (Å²) in [5, 5.41) is 12.9. The zero-order valence-electron chi connectivity index (χ0n) is 21.5. The molecule has 1 aliphatic heterocycles. The molecule has 37 heavy (non-hydrogen) atoms. The number of pyridine rings is 1. The second-order valence-corrected chi connectivity index (χ2v) is 10.2.